The second-order valence-electron chi connectivity index (χ2n) is 4.13. The normalized spacial score (nSPS) is 10.5. The Bertz CT molecular complexity index is 474. The van der Waals surface area contributed by atoms with E-state index in [0.29, 0.717) is 0 Å². The number of nitrogens with zero attached hydrogens (tertiary/aromatic N) is 2. The van der Waals surface area contributed by atoms with Crippen LogP contribution in [0.15, 0.2) is 36.5 Å². The highest BCUT2D eigenvalue weighted by Gasteiger charge is 2.00. The number of aromatic nitrogens is 2. The van der Waals surface area contributed by atoms with Gasteiger partial charge in [0, 0.05) is 37.6 Å². The minimum atomic E-state index is 0.941. The Balaban J connectivity index is 1.92. The molecule has 0 atom stereocenters. The SMILES string of the molecule is CCc1ccccc1NCCc1ccnn1C. The van der Waals surface area contributed by atoms with E-state index >= 15 is 0 Å². The van der Waals surface area contributed by atoms with Gasteiger partial charge in [-0.25, -0.2) is 0 Å². The second-order valence-corrected chi connectivity index (χ2v) is 4.13. The summed E-state index contributed by atoms with van der Waals surface area (Å²) >= 11 is 0. The van der Waals surface area contributed by atoms with Gasteiger partial charge in [-0.3, -0.25) is 4.68 Å². The number of rotatable bonds is 5. The summed E-state index contributed by atoms with van der Waals surface area (Å²) in [6.45, 7) is 3.12. The maximum absolute atomic E-state index is 4.16. The fourth-order valence-corrected chi connectivity index (χ4v) is 1.97. The van der Waals surface area contributed by atoms with E-state index in [2.05, 4.69) is 47.7 Å². The first-order valence-electron chi connectivity index (χ1n) is 6.10. The molecule has 1 heterocycles. The lowest BCUT2D eigenvalue weighted by Gasteiger charge is -2.10. The van der Waals surface area contributed by atoms with Gasteiger partial charge in [-0.2, -0.15) is 5.10 Å². The van der Waals surface area contributed by atoms with E-state index in [1.165, 1.54) is 16.9 Å². The minimum Gasteiger partial charge on any atom is -0.384 e. The summed E-state index contributed by atoms with van der Waals surface area (Å²) in [5.41, 5.74) is 3.88. The summed E-state index contributed by atoms with van der Waals surface area (Å²) in [5.74, 6) is 0. The average Bonchev–Trinajstić information content (AvgIpc) is 2.76. The fraction of sp³-hybridized carbons (Fsp3) is 0.357. The molecule has 0 bridgehead atoms. The van der Waals surface area contributed by atoms with Crippen molar-refractivity contribution >= 4 is 5.69 Å². The first-order chi connectivity index (χ1) is 8.31. The zero-order chi connectivity index (χ0) is 12.1. The topological polar surface area (TPSA) is 29.9 Å². The van der Waals surface area contributed by atoms with Crippen LogP contribution in [0.3, 0.4) is 0 Å². The number of hydrogen-bond acceptors (Lipinski definition) is 2. The molecule has 1 aromatic carbocycles. The number of aryl methyl sites for hydroxylation is 2. The first kappa shape index (κ1) is 11.7. The lowest BCUT2D eigenvalue weighted by atomic mass is 10.1. The molecule has 3 heteroatoms. The minimum absolute atomic E-state index is 0.941. The van der Waals surface area contributed by atoms with Gasteiger partial charge in [0.1, 0.15) is 0 Å². The van der Waals surface area contributed by atoms with E-state index in [1.54, 1.807) is 0 Å². The van der Waals surface area contributed by atoms with Crippen molar-refractivity contribution in [3.05, 3.63) is 47.8 Å². The summed E-state index contributed by atoms with van der Waals surface area (Å²) in [6, 6.07) is 10.5. The van der Waals surface area contributed by atoms with Crippen molar-refractivity contribution in [2.75, 3.05) is 11.9 Å². The van der Waals surface area contributed by atoms with Crippen LogP contribution in [0.4, 0.5) is 5.69 Å². The van der Waals surface area contributed by atoms with Gasteiger partial charge in [0.05, 0.1) is 0 Å². The molecule has 0 radical (unpaired) electrons. The van der Waals surface area contributed by atoms with Crippen LogP contribution in [0, 0.1) is 0 Å². The molecule has 0 spiro atoms. The fourth-order valence-electron chi connectivity index (χ4n) is 1.97. The lowest BCUT2D eigenvalue weighted by Crippen LogP contribution is -2.09. The quantitative estimate of drug-likeness (QED) is 0.854. The van der Waals surface area contributed by atoms with E-state index in [4.69, 9.17) is 0 Å². The number of benzene rings is 1. The number of nitrogens with one attached hydrogen (secondary N) is 1. The van der Waals surface area contributed by atoms with Crippen LogP contribution in [0.2, 0.25) is 0 Å². The number of anilines is 1. The molecule has 0 saturated carbocycles. The highest BCUT2D eigenvalue weighted by atomic mass is 15.3. The molecule has 3 nitrogen and oxygen atoms in total. The molecule has 0 saturated heterocycles. The van der Waals surface area contributed by atoms with Gasteiger partial charge in [0.2, 0.25) is 0 Å². The van der Waals surface area contributed by atoms with E-state index in [1.807, 2.05) is 17.9 Å². The lowest BCUT2D eigenvalue weighted by molar-refractivity contribution is 0.711. The molecular formula is C14H19N3. The zero-order valence-corrected chi connectivity index (χ0v) is 10.5. The Hall–Kier alpha value is -1.77. The molecule has 2 rings (SSSR count). The summed E-state index contributed by atoms with van der Waals surface area (Å²) in [7, 11) is 1.98. The van der Waals surface area contributed by atoms with Crippen molar-refractivity contribution in [1.82, 2.24) is 9.78 Å². The van der Waals surface area contributed by atoms with Crippen LogP contribution in [-0.4, -0.2) is 16.3 Å². The van der Waals surface area contributed by atoms with E-state index in [0.717, 1.165) is 19.4 Å². The predicted molar refractivity (Wildman–Crippen MR) is 71.2 cm³/mol. The standard InChI is InChI=1S/C14H19N3/c1-3-12-6-4-5-7-14(12)15-10-8-13-9-11-16-17(13)2/h4-7,9,11,15H,3,8,10H2,1-2H3. The van der Waals surface area contributed by atoms with Crippen molar-refractivity contribution in [3.8, 4) is 0 Å². The Morgan fingerprint density at radius 2 is 2.06 bits per heavy atom. The third-order valence-electron chi connectivity index (χ3n) is 3.02. The van der Waals surface area contributed by atoms with Gasteiger partial charge in [-0.05, 0) is 24.1 Å². The first-order valence-corrected chi connectivity index (χ1v) is 6.10. The number of hydrogen-bond donors (Lipinski definition) is 1. The van der Waals surface area contributed by atoms with E-state index in [-0.39, 0.29) is 0 Å². The highest BCUT2D eigenvalue weighted by molar-refractivity contribution is 5.51. The summed E-state index contributed by atoms with van der Waals surface area (Å²) in [6.07, 6.45) is 3.90. The Labute approximate surface area is 102 Å². The number of para-hydroxylation sites is 1. The highest BCUT2D eigenvalue weighted by Crippen LogP contribution is 2.15. The van der Waals surface area contributed by atoms with Crippen LogP contribution < -0.4 is 5.32 Å². The van der Waals surface area contributed by atoms with Crippen LogP contribution in [-0.2, 0) is 19.9 Å². The van der Waals surface area contributed by atoms with Crippen molar-refractivity contribution in [2.45, 2.75) is 19.8 Å². The third-order valence-corrected chi connectivity index (χ3v) is 3.02. The van der Waals surface area contributed by atoms with Crippen LogP contribution >= 0.6 is 0 Å². The van der Waals surface area contributed by atoms with Gasteiger partial charge in [-0.1, -0.05) is 25.1 Å². The molecule has 90 valence electrons. The van der Waals surface area contributed by atoms with Crippen molar-refractivity contribution in [2.24, 2.45) is 7.05 Å². The second kappa shape index (κ2) is 5.53. The molecule has 1 N–H and O–H groups in total. The monoisotopic (exact) mass is 229 g/mol. The van der Waals surface area contributed by atoms with Gasteiger partial charge >= 0.3 is 0 Å². The molecule has 2 aromatic rings. The molecule has 0 aliphatic heterocycles. The maximum Gasteiger partial charge on any atom is 0.0492 e. The third kappa shape index (κ3) is 2.87. The van der Waals surface area contributed by atoms with Crippen LogP contribution in [0.5, 0.6) is 0 Å². The molecule has 17 heavy (non-hydrogen) atoms. The predicted octanol–water partition coefficient (Wildman–Crippen LogP) is 2.64. The van der Waals surface area contributed by atoms with Crippen LogP contribution in [0.25, 0.3) is 0 Å². The van der Waals surface area contributed by atoms with Gasteiger partial charge in [0.25, 0.3) is 0 Å². The van der Waals surface area contributed by atoms with Crippen molar-refractivity contribution in [1.29, 1.82) is 0 Å². The largest absolute Gasteiger partial charge is 0.384 e. The van der Waals surface area contributed by atoms with E-state index in [9.17, 15) is 0 Å². The molecule has 0 amide bonds. The Morgan fingerprint density at radius 1 is 1.24 bits per heavy atom. The maximum atomic E-state index is 4.16. The molecular weight excluding hydrogens is 210 g/mol. The Kier molecular flexibility index (Phi) is 3.81. The van der Waals surface area contributed by atoms with Crippen molar-refractivity contribution < 1.29 is 0 Å². The molecule has 1 aromatic heterocycles. The molecule has 0 unspecified atom stereocenters. The summed E-state index contributed by atoms with van der Waals surface area (Å²) < 4.78 is 1.92. The zero-order valence-electron chi connectivity index (χ0n) is 10.5. The average molecular weight is 229 g/mol. The smallest absolute Gasteiger partial charge is 0.0492 e. The molecule has 0 aliphatic carbocycles. The Morgan fingerprint density at radius 3 is 2.76 bits per heavy atom. The van der Waals surface area contributed by atoms with Gasteiger partial charge < -0.3 is 5.32 Å². The summed E-state index contributed by atoms with van der Waals surface area (Å²) in [5, 5.41) is 7.65. The van der Waals surface area contributed by atoms with Gasteiger partial charge in [0.15, 0.2) is 0 Å². The molecule has 0 aliphatic rings. The van der Waals surface area contributed by atoms with E-state index < -0.39 is 0 Å². The molecule has 0 fully saturated rings. The van der Waals surface area contributed by atoms with Gasteiger partial charge in [-0.15, -0.1) is 0 Å². The van der Waals surface area contributed by atoms with Crippen LogP contribution in [0.1, 0.15) is 18.2 Å². The summed E-state index contributed by atoms with van der Waals surface area (Å²) in [4.78, 5) is 0. The van der Waals surface area contributed by atoms with Crippen molar-refractivity contribution in [3.63, 3.8) is 0 Å².